The summed E-state index contributed by atoms with van der Waals surface area (Å²) in [4.78, 5) is 16.7. The highest BCUT2D eigenvalue weighted by atomic mass is 32.1. The van der Waals surface area contributed by atoms with Crippen molar-refractivity contribution >= 4 is 17.2 Å². The van der Waals surface area contributed by atoms with E-state index in [-0.39, 0.29) is 11.9 Å². The molecule has 0 radical (unpaired) electrons. The number of aromatic nitrogens is 1. The third-order valence-corrected chi connectivity index (χ3v) is 4.76. The van der Waals surface area contributed by atoms with Gasteiger partial charge in [-0.05, 0) is 37.5 Å². The fraction of sp³-hybridized carbons (Fsp3) is 0.444. The molecular formula is C18H25N3OS. The maximum absolute atomic E-state index is 12.2. The predicted octanol–water partition coefficient (Wildman–Crippen LogP) is 3.52. The van der Waals surface area contributed by atoms with Gasteiger partial charge in [0, 0.05) is 30.1 Å². The minimum atomic E-state index is -0.00621. The average Bonchev–Trinajstić information content (AvgIpc) is 3.03. The zero-order chi connectivity index (χ0) is 16.7. The van der Waals surface area contributed by atoms with Gasteiger partial charge >= 0.3 is 0 Å². The van der Waals surface area contributed by atoms with Crippen LogP contribution in [0.2, 0.25) is 0 Å². The smallest absolute Gasteiger partial charge is 0.251 e. The molecule has 124 valence electrons. The lowest BCUT2D eigenvalue weighted by atomic mass is 10.1. The van der Waals surface area contributed by atoms with E-state index in [0.29, 0.717) is 5.56 Å². The topological polar surface area (TPSA) is 54.0 Å². The molecule has 1 aromatic carbocycles. The van der Waals surface area contributed by atoms with E-state index in [4.69, 9.17) is 0 Å². The standard InChI is InChI=1S/C18H25N3OS/c1-4-13(3)20-18(22)15-8-6-7-14(9-15)10-19-11-16-12-23-17(5-2)21-16/h6-9,12-13,19H,4-5,10-11H2,1-3H3,(H,20,22)/t13-/m0/s1. The molecule has 0 aliphatic heterocycles. The summed E-state index contributed by atoms with van der Waals surface area (Å²) in [7, 11) is 0. The molecule has 0 saturated carbocycles. The van der Waals surface area contributed by atoms with Gasteiger partial charge in [0.1, 0.15) is 0 Å². The van der Waals surface area contributed by atoms with Gasteiger partial charge in [-0.15, -0.1) is 11.3 Å². The van der Waals surface area contributed by atoms with Gasteiger partial charge in [0.15, 0.2) is 0 Å². The van der Waals surface area contributed by atoms with Crippen LogP contribution in [0.15, 0.2) is 29.6 Å². The molecule has 0 bridgehead atoms. The average molecular weight is 331 g/mol. The Kier molecular flexibility index (Phi) is 6.74. The second kappa shape index (κ2) is 8.79. The van der Waals surface area contributed by atoms with Gasteiger partial charge in [-0.25, -0.2) is 4.98 Å². The van der Waals surface area contributed by atoms with Gasteiger partial charge < -0.3 is 10.6 Å². The fourth-order valence-electron chi connectivity index (χ4n) is 2.16. The van der Waals surface area contributed by atoms with E-state index in [1.54, 1.807) is 11.3 Å². The molecule has 23 heavy (non-hydrogen) atoms. The first kappa shape index (κ1) is 17.6. The molecule has 2 aromatic rings. The molecule has 0 aliphatic rings. The fourth-order valence-corrected chi connectivity index (χ4v) is 2.90. The molecule has 1 aromatic heterocycles. The van der Waals surface area contributed by atoms with Crippen LogP contribution in [0.5, 0.6) is 0 Å². The highest BCUT2D eigenvalue weighted by Gasteiger charge is 2.09. The molecule has 0 fully saturated rings. The van der Waals surface area contributed by atoms with E-state index in [2.05, 4.69) is 34.8 Å². The SMILES string of the molecule is CCc1nc(CNCc2cccc(C(=O)N[C@@H](C)CC)c2)cs1. The van der Waals surface area contributed by atoms with Crippen molar-refractivity contribution in [3.05, 3.63) is 51.5 Å². The molecule has 0 aliphatic carbocycles. The number of carbonyl (C=O) groups excluding carboxylic acids is 1. The van der Waals surface area contributed by atoms with Crippen LogP contribution in [-0.2, 0) is 19.5 Å². The van der Waals surface area contributed by atoms with Crippen molar-refractivity contribution in [2.24, 2.45) is 0 Å². The zero-order valence-electron chi connectivity index (χ0n) is 14.1. The van der Waals surface area contributed by atoms with Gasteiger partial charge in [-0.2, -0.15) is 0 Å². The van der Waals surface area contributed by atoms with Crippen molar-refractivity contribution < 1.29 is 4.79 Å². The van der Waals surface area contributed by atoms with E-state index in [9.17, 15) is 4.79 Å². The van der Waals surface area contributed by atoms with Crippen LogP contribution < -0.4 is 10.6 Å². The Morgan fingerprint density at radius 2 is 2.13 bits per heavy atom. The van der Waals surface area contributed by atoms with Crippen molar-refractivity contribution in [3.8, 4) is 0 Å². The predicted molar refractivity (Wildman–Crippen MR) is 95.7 cm³/mol. The third kappa shape index (κ3) is 5.44. The van der Waals surface area contributed by atoms with Crippen LogP contribution in [0.3, 0.4) is 0 Å². The number of aryl methyl sites for hydroxylation is 1. The molecule has 0 unspecified atom stereocenters. The van der Waals surface area contributed by atoms with Gasteiger partial charge in [-0.3, -0.25) is 4.79 Å². The Morgan fingerprint density at radius 1 is 1.30 bits per heavy atom. The Morgan fingerprint density at radius 3 is 2.83 bits per heavy atom. The van der Waals surface area contributed by atoms with Crippen LogP contribution in [0.25, 0.3) is 0 Å². The number of carbonyl (C=O) groups is 1. The summed E-state index contributed by atoms with van der Waals surface area (Å²) in [5.74, 6) is -0.00621. The molecule has 1 amide bonds. The Bertz CT molecular complexity index is 639. The third-order valence-electron chi connectivity index (χ3n) is 3.72. The number of hydrogen-bond donors (Lipinski definition) is 2. The molecule has 1 heterocycles. The molecule has 5 heteroatoms. The van der Waals surface area contributed by atoms with Crippen molar-refractivity contribution in [1.82, 2.24) is 15.6 Å². The van der Waals surface area contributed by atoms with E-state index < -0.39 is 0 Å². The summed E-state index contributed by atoms with van der Waals surface area (Å²) in [6, 6.07) is 7.96. The molecule has 0 saturated heterocycles. The van der Waals surface area contributed by atoms with E-state index in [1.165, 1.54) is 5.01 Å². The number of rotatable bonds is 8. The van der Waals surface area contributed by atoms with Crippen molar-refractivity contribution in [2.45, 2.75) is 52.7 Å². The van der Waals surface area contributed by atoms with Crippen LogP contribution in [0, 0.1) is 0 Å². The second-order valence-electron chi connectivity index (χ2n) is 5.67. The number of nitrogens with one attached hydrogen (secondary N) is 2. The molecule has 4 nitrogen and oxygen atoms in total. The van der Waals surface area contributed by atoms with E-state index >= 15 is 0 Å². The van der Waals surface area contributed by atoms with Crippen molar-refractivity contribution in [1.29, 1.82) is 0 Å². The first-order chi connectivity index (χ1) is 11.1. The summed E-state index contributed by atoms with van der Waals surface area (Å²) in [5.41, 5.74) is 2.90. The number of hydrogen-bond acceptors (Lipinski definition) is 4. The van der Waals surface area contributed by atoms with Crippen LogP contribution in [-0.4, -0.2) is 16.9 Å². The van der Waals surface area contributed by atoms with Gasteiger partial charge in [-0.1, -0.05) is 26.0 Å². The minimum Gasteiger partial charge on any atom is -0.350 e. The lowest BCUT2D eigenvalue weighted by Crippen LogP contribution is -2.32. The Labute approximate surface area is 142 Å². The maximum atomic E-state index is 12.2. The maximum Gasteiger partial charge on any atom is 0.251 e. The molecule has 2 N–H and O–H groups in total. The number of amides is 1. The highest BCUT2D eigenvalue weighted by Crippen LogP contribution is 2.10. The molecule has 1 atom stereocenters. The second-order valence-corrected chi connectivity index (χ2v) is 6.62. The number of thiazole rings is 1. The lowest BCUT2D eigenvalue weighted by Gasteiger charge is -2.12. The zero-order valence-corrected chi connectivity index (χ0v) is 14.9. The summed E-state index contributed by atoms with van der Waals surface area (Å²) >= 11 is 1.71. The van der Waals surface area contributed by atoms with Crippen molar-refractivity contribution in [2.75, 3.05) is 0 Å². The van der Waals surface area contributed by atoms with Crippen LogP contribution >= 0.6 is 11.3 Å². The molecule has 0 spiro atoms. The summed E-state index contributed by atoms with van der Waals surface area (Å²) in [6.07, 6.45) is 1.92. The number of benzene rings is 1. The van der Waals surface area contributed by atoms with Crippen LogP contribution in [0.1, 0.15) is 53.8 Å². The first-order valence-electron chi connectivity index (χ1n) is 8.16. The first-order valence-corrected chi connectivity index (χ1v) is 9.04. The Hall–Kier alpha value is -1.72. The largest absolute Gasteiger partial charge is 0.350 e. The van der Waals surface area contributed by atoms with Crippen LogP contribution in [0.4, 0.5) is 0 Å². The summed E-state index contributed by atoms with van der Waals surface area (Å²) in [5, 5.41) is 9.65. The van der Waals surface area contributed by atoms with Gasteiger partial charge in [0.2, 0.25) is 0 Å². The number of nitrogens with zero attached hydrogens (tertiary/aromatic N) is 1. The van der Waals surface area contributed by atoms with Gasteiger partial charge in [0.25, 0.3) is 5.91 Å². The molecular weight excluding hydrogens is 306 g/mol. The highest BCUT2D eigenvalue weighted by molar-refractivity contribution is 7.09. The minimum absolute atomic E-state index is 0.00621. The van der Waals surface area contributed by atoms with E-state index in [0.717, 1.165) is 37.2 Å². The Balaban J connectivity index is 1.88. The normalized spacial score (nSPS) is 12.1. The van der Waals surface area contributed by atoms with Crippen molar-refractivity contribution in [3.63, 3.8) is 0 Å². The van der Waals surface area contributed by atoms with E-state index in [1.807, 2.05) is 31.2 Å². The summed E-state index contributed by atoms with van der Waals surface area (Å²) < 4.78 is 0. The quantitative estimate of drug-likeness (QED) is 0.778. The van der Waals surface area contributed by atoms with Gasteiger partial charge in [0.05, 0.1) is 10.7 Å². The lowest BCUT2D eigenvalue weighted by molar-refractivity contribution is 0.0939. The summed E-state index contributed by atoms with van der Waals surface area (Å²) in [6.45, 7) is 7.67. The molecule has 2 rings (SSSR count). The monoisotopic (exact) mass is 331 g/mol.